The SMILES string of the molecule is CCC1(C)CC(O[Si](C)(C)c2ccccc2)C(C)C(C)(CC)N1C. The van der Waals surface area contributed by atoms with Gasteiger partial charge in [0.1, 0.15) is 0 Å². The van der Waals surface area contributed by atoms with Gasteiger partial charge in [0.05, 0.1) is 6.10 Å². The van der Waals surface area contributed by atoms with Crippen LogP contribution in [0, 0.1) is 5.92 Å². The van der Waals surface area contributed by atoms with Crippen molar-refractivity contribution in [3.05, 3.63) is 30.3 Å². The Bertz CT molecular complexity index is 546. The largest absolute Gasteiger partial charge is 0.410 e. The normalized spacial score (nSPS) is 35.2. The summed E-state index contributed by atoms with van der Waals surface area (Å²) in [5.74, 6) is 0.530. The minimum absolute atomic E-state index is 0.189. The van der Waals surface area contributed by atoms with Gasteiger partial charge in [0, 0.05) is 11.1 Å². The summed E-state index contributed by atoms with van der Waals surface area (Å²) < 4.78 is 6.93. The maximum absolute atomic E-state index is 6.93. The van der Waals surface area contributed by atoms with Crippen LogP contribution < -0.4 is 5.19 Å². The molecule has 2 nitrogen and oxygen atoms in total. The fourth-order valence-corrected chi connectivity index (χ4v) is 6.62. The molecule has 2 rings (SSSR count). The Kier molecular flexibility index (Phi) is 5.68. The van der Waals surface area contributed by atoms with E-state index < -0.39 is 8.32 Å². The van der Waals surface area contributed by atoms with Crippen molar-refractivity contribution in [1.29, 1.82) is 0 Å². The molecule has 1 aliphatic rings. The smallest absolute Gasteiger partial charge is 0.218 e. The van der Waals surface area contributed by atoms with Gasteiger partial charge in [-0.2, -0.15) is 0 Å². The van der Waals surface area contributed by atoms with Crippen molar-refractivity contribution < 1.29 is 4.43 Å². The van der Waals surface area contributed by atoms with Crippen LogP contribution in [0.4, 0.5) is 0 Å². The zero-order valence-corrected chi connectivity index (χ0v) is 18.0. The molecule has 0 radical (unpaired) electrons. The lowest BCUT2D eigenvalue weighted by Crippen LogP contribution is -2.67. The second kappa shape index (κ2) is 6.93. The van der Waals surface area contributed by atoms with Crippen LogP contribution in [-0.4, -0.2) is 37.4 Å². The molecule has 0 aromatic heterocycles. The average molecular weight is 348 g/mol. The van der Waals surface area contributed by atoms with Gasteiger partial charge >= 0.3 is 0 Å². The molecule has 0 amide bonds. The second-order valence-electron chi connectivity index (χ2n) is 8.65. The van der Waals surface area contributed by atoms with Gasteiger partial charge in [0.15, 0.2) is 0 Å². The molecule has 1 saturated heterocycles. The molecule has 4 unspecified atom stereocenters. The molecule has 136 valence electrons. The van der Waals surface area contributed by atoms with E-state index in [0.717, 1.165) is 12.8 Å². The lowest BCUT2D eigenvalue weighted by molar-refractivity contribution is -0.116. The fraction of sp³-hybridized carbons (Fsp3) is 0.714. The number of piperidine rings is 1. The van der Waals surface area contributed by atoms with Crippen molar-refractivity contribution in [2.75, 3.05) is 7.05 Å². The summed E-state index contributed by atoms with van der Waals surface area (Å²) in [6.07, 6.45) is 3.78. The summed E-state index contributed by atoms with van der Waals surface area (Å²) in [4.78, 5) is 2.64. The van der Waals surface area contributed by atoms with Crippen LogP contribution in [0.15, 0.2) is 30.3 Å². The van der Waals surface area contributed by atoms with Gasteiger partial charge in [-0.15, -0.1) is 0 Å². The molecule has 1 aliphatic heterocycles. The molecule has 0 saturated carbocycles. The molecule has 1 aromatic rings. The second-order valence-corrected chi connectivity index (χ2v) is 12.5. The van der Waals surface area contributed by atoms with E-state index in [1.807, 2.05) is 0 Å². The molecule has 4 atom stereocenters. The number of nitrogens with zero attached hydrogens (tertiary/aromatic N) is 1. The Balaban J connectivity index is 2.32. The highest BCUT2D eigenvalue weighted by atomic mass is 28.4. The standard InChI is InChI=1S/C21H37NOSi/c1-9-20(4)16-19(17(3)21(5,10-2)22(20)6)23-24(7,8)18-14-12-11-13-15-18/h11-15,17,19H,9-10,16H2,1-8H3. The number of rotatable bonds is 5. The lowest BCUT2D eigenvalue weighted by Gasteiger charge is -2.60. The fourth-order valence-electron chi connectivity index (χ4n) is 4.44. The van der Waals surface area contributed by atoms with E-state index in [-0.39, 0.29) is 11.1 Å². The van der Waals surface area contributed by atoms with E-state index in [1.54, 1.807) is 0 Å². The molecule has 1 heterocycles. The summed E-state index contributed by atoms with van der Waals surface area (Å²) >= 11 is 0. The highest BCUT2D eigenvalue weighted by Crippen LogP contribution is 2.46. The third-order valence-electron chi connectivity index (χ3n) is 7.15. The van der Waals surface area contributed by atoms with Gasteiger partial charge < -0.3 is 4.43 Å². The monoisotopic (exact) mass is 347 g/mol. The van der Waals surface area contributed by atoms with Crippen LogP contribution in [0.2, 0.25) is 13.1 Å². The Morgan fingerprint density at radius 2 is 1.71 bits per heavy atom. The van der Waals surface area contributed by atoms with E-state index in [1.165, 1.54) is 11.6 Å². The molecule has 1 fully saturated rings. The zero-order chi connectivity index (χ0) is 18.2. The Hall–Kier alpha value is -0.643. The van der Waals surface area contributed by atoms with Crippen molar-refractivity contribution >= 4 is 13.5 Å². The van der Waals surface area contributed by atoms with E-state index in [0.29, 0.717) is 12.0 Å². The van der Waals surface area contributed by atoms with Crippen molar-refractivity contribution in [2.24, 2.45) is 5.92 Å². The van der Waals surface area contributed by atoms with Gasteiger partial charge in [-0.05, 0) is 64.4 Å². The summed E-state index contributed by atoms with van der Waals surface area (Å²) in [7, 11) is 0.419. The quantitative estimate of drug-likeness (QED) is 0.710. The molecule has 0 bridgehead atoms. The predicted octanol–water partition coefficient (Wildman–Crippen LogP) is 4.79. The third kappa shape index (κ3) is 3.36. The van der Waals surface area contributed by atoms with E-state index in [2.05, 4.69) is 90.0 Å². The number of hydrogen-bond donors (Lipinski definition) is 0. The van der Waals surface area contributed by atoms with Crippen molar-refractivity contribution in [3.63, 3.8) is 0 Å². The number of benzene rings is 1. The van der Waals surface area contributed by atoms with Gasteiger partial charge in [0.2, 0.25) is 8.32 Å². The van der Waals surface area contributed by atoms with Crippen LogP contribution in [-0.2, 0) is 4.43 Å². The molecular weight excluding hydrogens is 310 g/mol. The number of likely N-dealkylation sites (tertiary alicyclic amines) is 1. The van der Waals surface area contributed by atoms with E-state index in [9.17, 15) is 0 Å². The van der Waals surface area contributed by atoms with Crippen molar-refractivity contribution in [1.82, 2.24) is 4.90 Å². The van der Waals surface area contributed by atoms with Crippen molar-refractivity contribution in [3.8, 4) is 0 Å². The molecule has 3 heteroatoms. The summed E-state index contributed by atoms with van der Waals surface area (Å²) in [6, 6.07) is 10.8. The average Bonchev–Trinajstić information content (AvgIpc) is 2.58. The highest BCUT2D eigenvalue weighted by molar-refractivity contribution is 6.84. The van der Waals surface area contributed by atoms with Gasteiger partial charge in [-0.25, -0.2) is 0 Å². The molecule has 1 aromatic carbocycles. The molecule has 0 spiro atoms. The Labute approximate surface area is 150 Å². The van der Waals surface area contributed by atoms with E-state index >= 15 is 0 Å². The summed E-state index contributed by atoms with van der Waals surface area (Å²) in [5, 5.41) is 1.40. The maximum Gasteiger partial charge on any atom is 0.218 e. The molecule has 0 aliphatic carbocycles. The first-order valence-corrected chi connectivity index (χ1v) is 12.5. The predicted molar refractivity (Wildman–Crippen MR) is 107 cm³/mol. The van der Waals surface area contributed by atoms with Crippen LogP contribution in [0.25, 0.3) is 0 Å². The first-order valence-electron chi connectivity index (χ1n) is 9.58. The molecule has 24 heavy (non-hydrogen) atoms. The topological polar surface area (TPSA) is 12.5 Å². The lowest BCUT2D eigenvalue weighted by atomic mass is 9.68. The third-order valence-corrected chi connectivity index (χ3v) is 9.76. The highest BCUT2D eigenvalue weighted by Gasteiger charge is 2.52. The minimum atomic E-state index is -1.90. The minimum Gasteiger partial charge on any atom is -0.410 e. The Morgan fingerprint density at radius 3 is 2.21 bits per heavy atom. The van der Waals surface area contributed by atoms with Crippen LogP contribution >= 0.6 is 0 Å². The van der Waals surface area contributed by atoms with Crippen LogP contribution in [0.1, 0.15) is 53.9 Å². The van der Waals surface area contributed by atoms with E-state index in [4.69, 9.17) is 4.43 Å². The maximum atomic E-state index is 6.93. The van der Waals surface area contributed by atoms with Gasteiger partial charge in [-0.3, -0.25) is 4.90 Å². The van der Waals surface area contributed by atoms with Gasteiger partial charge in [0.25, 0.3) is 0 Å². The van der Waals surface area contributed by atoms with Crippen molar-refractivity contribution in [2.45, 2.75) is 84.2 Å². The summed E-state index contributed by atoms with van der Waals surface area (Å²) in [5.41, 5.74) is 0.401. The summed E-state index contributed by atoms with van der Waals surface area (Å²) in [6.45, 7) is 16.6. The zero-order valence-electron chi connectivity index (χ0n) is 17.0. The Morgan fingerprint density at radius 1 is 1.12 bits per heavy atom. The first-order chi connectivity index (χ1) is 11.1. The molecular formula is C21H37NOSi. The first kappa shape index (κ1) is 19.7. The van der Waals surface area contributed by atoms with Crippen LogP contribution in [0.3, 0.4) is 0 Å². The molecule has 0 N–H and O–H groups in total. The number of hydrogen-bond acceptors (Lipinski definition) is 2. The van der Waals surface area contributed by atoms with Gasteiger partial charge in [-0.1, -0.05) is 51.1 Å². The van der Waals surface area contributed by atoms with Crippen LogP contribution in [0.5, 0.6) is 0 Å².